The molecule has 3 aromatic carbocycles. The highest BCUT2D eigenvalue weighted by Gasteiger charge is 2.39. The van der Waals surface area contributed by atoms with Crippen LogP contribution in [0.25, 0.3) is 0 Å². The molecule has 0 radical (unpaired) electrons. The number of hydrogen-bond acceptors (Lipinski definition) is 6. The van der Waals surface area contributed by atoms with Crippen LogP contribution >= 0.6 is 11.6 Å². The molecule has 0 saturated carbocycles. The normalized spacial score (nSPS) is 16.0. The molecule has 4 rings (SSSR count). The minimum absolute atomic E-state index is 0.0790. The third-order valence-corrected chi connectivity index (χ3v) is 8.06. The van der Waals surface area contributed by atoms with E-state index in [9.17, 15) is 17.6 Å². The van der Waals surface area contributed by atoms with E-state index in [0.29, 0.717) is 41.5 Å². The van der Waals surface area contributed by atoms with Crippen molar-refractivity contribution in [3.63, 3.8) is 0 Å². The molecule has 1 saturated heterocycles. The fourth-order valence-electron chi connectivity index (χ4n) is 4.01. The molecule has 1 atom stereocenters. The predicted octanol–water partition coefficient (Wildman–Crippen LogP) is 4.76. The van der Waals surface area contributed by atoms with Crippen molar-refractivity contribution in [2.45, 2.75) is 37.3 Å². The molecule has 1 amide bonds. The number of benzene rings is 3. The lowest BCUT2D eigenvalue weighted by Gasteiger charge is -2.22. The van der Waals surface area contributed by atoms with Gasteiger partial charge in [-0.15, -0.1) is 0 Å². The van der Waals surface area contributed by atoms with E-state index in [1.165, 1.54) is 46.9 Å². The molecule has 1 fully saturated rings. The van der Waals surface area contributed by atoms with Crippen molar-refractivity contribution in [1.82, 2.24) is 9.73 Å². The second kappa shape index (κ2) is 12.4. The van der Waals surface area contributed by atoms with Crippen LogP contribution in [-0.4, -0.2) is 44.0 Å². The summed E-state index contributed by atoms with van der Waals surface area (Å²) < 4.78 is 52.0. The van der Waals surface area contributed by atoms with Gasteiger partial charge in [-0.2, -0.15) is 9.41 Å². The molecule has 11 heteroatoms. The lowest BCUT2D eigenvalue weighted by molar-refractivity contribution is -0.124. The highest BCUT2D eigenvalue weighted by Crippen LogP contribution is 2.29. The maximum Gasteiger partial charge on any atom is 0.258 e. The number of rotatable bonds is 10. The first kappa shape index (κ1) is 27.6. The number of hydrazone groups is 1. The molecule has 0 bridgehead atoms. The third kappa shape index (κ3) is 6.69. The Kier molecular flexibility index (Phi) is 8.98. The van der Waals surface area contributed by atoms with Gasteiger partial charge in [0.05, 0.1) is 17.7 Å². The highest BCUT2D eigenvalue weighted by molar-refractivity contribution is 7.89. The Morgan fingerprint density at radius 2 is 1.84 bits per heavy atom. The van der Waals surface area contributed by atoms with Crippen molar-refractivity contribution in [2.75, 3.05) is 13.2 Å². The van der Waals surface area contributed by atoms with E-state index in [4.69, 9.17) is 21.1 Å². The minimum atomic E-state index is -3.86. The molecule has 38 heavy (non-hydrogen) atoms. The second-order valence-corrected chi connectivity index (χ2v) is 10.8. The molecular weight excluding hydrogens is 533 g/mol. The van der Waals surface area contributed by atoms with Crippen molar-refractivity contribution in [2.24, 2.45) is 5.10 Å². The van der Waals surface area contributed by atoms with Gasteiger partial charge in [-0.25, -0.2) is 18.2 Å². The van der Waals surface area contributed by atoms with E-state index in [1.807, 2.05) is 6.92 Å². The topological polar surface area (TPSA) is 97.3 Å². The summed E-state index contributed by atoms with van der Waals surface area (Å²) in [7, 11) is -3.86. The summed E-state index contributed by atoms with van der Waals surface area (Å²) in [5.41, 5.74) is 3.90. The van der Waals surface area contributed by atoms with Gasteiger partial charge in [-0.05, 0) is 85.5 Å². The van der Waals surface area contributed by atoms with Gasteiger partial charge in [0.15, 0.2) is 11.5 Å². The molecule has 0 aromatic heterocycles. The van der Waals surface area contributed by atoms with Crippen LogP contribution in [0.4, 0.5) is 4.39 Å². The molecule has 0 aliphatic carbocycles. The molecular formula is C27H27ClFN3O5S. The van der Waals surface area contributed by atoms with Crippen LogP contribution < -0.4 is 14.9 Å². The quantitative estimate of drug-likeness (QED) is 0.285. The van der Waals surface area contributed by atoms with Gasteiger partial charge in [0.2, 0.25) is 10.0 Å². The van der Waals surface area contributed by atoms with Crippen molar-refractivity contribution >= 4 is 33.7 Å². The zero-order chi connectivity index (χ0) is 27.1. The minimum Gasteiger partial charge on any atom is -0.490 e. The largest absolute Gasteiger partial charge is 0.490 e. The van der Waals surface area contributed by atoms with E-state index < -0.39 is 22.0 Å². The van der Waals surface area contributed by atoms with E-state index in [0.717, 1.165) is 5.56 Å². The first-order valence-electron chi connectivity index (χ1n) is 12.0. The van der Waals surface area contributed by atoms with Crippen LogP contribution in [0.3, 0.4) is 0 Å². The SMILES string of the molecule is CCOc1cc(/C=N\NC(=O)[C@@H]2CCCN2S(=O)(=O)c2ccc(Cl)cc2)ccc1OCc1ccc(F)cc1. The van der Waals surface area contributed by atoms with Crippen molar-refractivity contribution in [1.29, 1.82) is 0 Å². The van der Waals surface area contributed by atoms with Gasteiger partial charge >= 0.3 is 0 Å². The van der Waals surface area contributed by atoms with Crippen LogP contribution in [0.5, 0.6) is 11.5 Å². The van der Waals surface area contributed by atoms with Crippen LogP contribution in [0, 0.1) is 5.82 Å². The molecule has 1 N–H and O–H groups in total. The van der Waals surface area contributed by atoms with Gasteiger partial charge in [-0.3, -0.25) is 4.79 Å². The fourth-order valence-corrected chi connectivity index (χ4v) is 5.79. The number of ether oxygens (including phenoxy) is 2. The summed E-state index contributed by atoms with van der Waals surface area (Å²) in [5.74, 6) is 0.163. The smallest absolute Gasteiger partial charge is 0.258 e. The second-order valence-electron chi connectivity index (χ2n) is 8.52. The number of carbonyl (C=O) groups excluding carboxylic acids is 1. The lowest BCUT2D eigenvalue weighted by Crippen LogP contribution is -2.44. The Morgan fingerprint density at radius 3 is 2.55 bits per heavy atom. The van der Waals surface area contributed by atoms with Gasteiger partial charge < -0.3 is 9.47 Å². The molecule has 1 heterocycles. The van der Waals surface area contributed by atoms with Crippen molar-refractivity contribution in [3.8, 4) is 11.5 Å². The number of amides is 1. The Morgan fingerprint density at radius 1 is 1.11 bits per heavy atom. The summed E-state index contributed by atoms with van der Waals surface area (Å²) in [6.45, 7) is 2.73. The van der Waals surface area contributed by atoms with Crippen LogP contribution in [0.15, 0.2) is 76.7 Å². The summed E-state index contributed by atoms with van der Waals surface area (Å²) in [5, 5.41) is 4.45. The number of halogens is 2. The summed E-state index contributed by atoms with van der Waals surface area (Å²) >= 11 is 5.88. The molecule has 1 aliphatic rings. The van der Waals surface area contributed by atoms with Crippen molar-refractivity contribution < 1.29 is 27.1 Å². The van der Waals surface area contributed by atoms with Gasteiger partial charge in [-0.1, -0.05) is 23.7 Å². The van der Waals surface area contributed by atoms with Gasteiger partial charge in [0.25, 0.3) is 5.91 Å². The molecule has 0 spiro atoms. The first-order valence-corrected chi connectivity index (χ1v) is 13.8. The van der Waals surface area contributed by atoms with E-state index in [2.05, 4.69) is 10.5 Å². The zero-order valence-corrected chi connectivity index (χ0v) is 22.2. The predicted molar refractivity (Wildman–Crippen MR) is 142 cm³/mol. The standard InChI is InChI=1S/C27H27ClFN3O5S/c1-2-36-26-16-20(7-14-25(26)37-18-19-5-10-22(29)11-6-19)17-30-31-27(33)24-4-3-15-32(24)38(34,35)23-12-8-21(28)9-13-23/h5-14,16-17,24H,2-4,15,18H2,1H3,(H,31,33)/b30-17-/t24-/m0/s1. The highest BCUT2D eigenvalue weighted by atomic mass is 35.5. The van der Waals surface area contributed by atoms with Crippen LogP contribution in [0.1, 0.15) is 30.9 Å². The average molecular weight is 560 g/mol. The van der Waals surface area contributed by atoms with E-state index in [-0.39, 0.29) is 23.9 Å². The zero-order valence-electron chi connectivity index (χ0n) is 20.6. The Bertz CT molecular complexity index is 1400. The van der Waals surface area contributed by atoms with E-state index >= 15 is 0 Å². The average Bonchev–Trinajstić information content (AvgIpc) is 3.41. The van der Waals surface area contributed by atoms with Crippen LogP contribution in [-0.2, 0) is 21.4 Å². The third-order valence-electron chi connectivity index (χ3n) is 5.89. The van der Waals surface area contributed by atoms with Gasteiger partial charge in [0, 0.05) is 11.6 Å². The molecule has 200 valence electrons. The van der Waals surface area contributed by atoms with Crippen LogP contribution in [0.2, 0.25) is 5.02 Å². The number of sulfonamides is 1. The molecule has 8 nitrogen and oxygen atoms in total. The first-order chi connectivity index (χ1) is 18.3. The number of nitrogens with zero attached hydrogens (tertiary/aromatic N) is 2. The molecule has 0 unspecified atom stereocenters. The maximum absolute atomic E-state index is 13.1. The Balaban J connectivity index is 1.40. The number of carbonyl (C=O) groups is 1. The maximum atomic E-state index is 13.1. The summed E-state index contributed by atoms with van der Waals surface area (Å²) in [4.78, 5) is 12.9. The molecule has 3 aromatic rings. The van der Waals surface area contributed by atoms with Crippen molar-refractivity contribution in [3.05, 3.63) is 88.7 Å². The Hall–Kier alpha value is -3.47. The summed E-state index contributed by atoms with van der Waals surface area (Å²) in [6, 6.07) is 16.2. The number of hydrogen-bond donors (Lipinski definition) is 1. The fraction of sp³-hybridized carbons (Fsp3) is 0.259. The van der Waals surface area contributed by atoms with E-state index in [1.54, 1.807) is 30.3 Å². The Labute approximate surface area is 226 Å². The van der Waals surface area contributed by atoms with Gasteiger partial charge in [0.1, 0.15) is 18.5 Å². The monoisotopic (exact) mass is 559 g/mol. The lowest BCUT2D eigenvalue weighted by atomic mass is 10.2. The molecule has 1 aliphatic heterocycles. The number of nitrogens with one attached hydrogen (secondary N) is 1. The summed E-state index contributed by atoms with van der Waals surface area (Å²) in [6.07, 6.45) is 2.39.